The van der Waals surface area contributed by atoms with Crippen LogP contribution in [-0.2, 0) is 33.3 Å². The van der Waals surface area contributed by atoms with Crippen molar-refractivity contribution in [1.82, 2.24) is 0 Å². The van der Waals surface area contributed by atoms with E-state index in [1.807, 2.05) is 6.92 Å². The molecule has 2 rings (SSSR count). The first kappa shape index (κ1) is 31.6. The van der Waals surface area contributed by atoms with Crippen LogP contribution in [-0.4, -0.2) is 55.9 Å². The molecule has 5 atom stereocenters. The molecule has 1 saturated carbocycles. The van der Waals surface area contributed by atoms with E-state index in [9.17, 15) is 23.2 Å². The van der Waals surface area contributed by atoms with E-state index in [1.54, 1.807) is 0 Å². The van der Waals surface area contributed by atoms with Gasteiger partial charge in [0.15, 0.2) is 6.29 Å². The van der Waals surface area contributed by atoms with E-state index >= 15 is 0 Å². The van der Waals surface area contributed by atoms with Crippen LogP contribution >= 0.6 is 0 Å². The van der Waals surface area contributed by atoms with E-state index in [4.69, 9.17) is 14.2 Å². The van der Waals surface area contributed by atoms with Crippen LogP contribution < -0.4 is 0 Å². The summed E-state index contributed by atoms with van der Waals surface area (Å²) in [6.07, 6.45) is 7.09. The zero-order chi connectivity index (χ0) is 27.3. The van der Waals surface area contributed by atoms with Crippen LogP contribution in [0.2, 0.25) is 0 Å². The lowest BCUT2D eigenvalue weighted by Crippen LogP contribution is -2.33. The van der Waals surface area contributed by atoms with Crippen molar-refractivity contribution in [2.75, 3.05) is 13.7 Å². The Kier molecular flexibility index (Phi) is 14.0. The van der Waals surface area contributed by atoms with Crippen LogP contribution in [0, 0.1) is 11.8 Å². The molecule has 37 heavy (non-hydrogen) atoms. The fourth-order valence-electron chi connectivity index (χ4n) is 5.57. The second-order valence-electron chi connectivity index (χ2n) is 10.5. The predicted octanol–water partition coefficient (Wildman–Crippen LogP) is 6.15. The van der Waals surface area contributed by atoms with E-state index < -0.39 is 18.1 Å². The van der Waals surface area contributed by atoms with E-state index in [-0.39, 0.29) is 55.1 Å². The van der Waals surface area contributed by atoms with E-state index in [0.717, 1.165) is 51.4 Å². The van der Waals surface area contributed by atoms with Crippen LogP contribution in [0.1, 0.15) is 110 Å². The second-order valence-corrected chi connectivity index (χ2v) is 10.5. The highest BCUT2D eigenvalue weighted by Gasteiger charge is 2.47. The standard InChI is InChI=1S/C28H46F2O7/c1-4-5-17-28(29,30)25(32)16-15-22-21(12-8-6-7-9-13-26(33)34-3)23(36-20(2)31)19-24(22)37-27-14-10-11-18-35-27/h21-24,27H,4-19H2,1-3H3/t21-,22-,23-,24-,27?/m1/s1. The van der Waals surface area contributed by atoms with Crippen molar-refractivity contribution in [3.63, 3.8) is 0 Å². The summed E-state index contributed by atoms with van der Waals surface area (Å²) in [4.78, 5) is 35.7. The Morgan fingerprint density at radius 2 is 1.68 bits per heavy atom. The largest absolute Gasteiger partial charge is 0.469 e. The van der Waals surface area contributed by atoms with Crippen LogP contribution in [0.3, 0.4) is 0 Å². The van der Waals surface area contributed by atoms with Gasteiger partial charge in [-0.15, -0.1) is 0 Å². The van der Waals surface area contributed by atoms with Crippen LogP contribution in [0.5, 0.6) is 0 Å². The lowest BCUT2D eigenvalue weighted by Gasteiger charge is -2.30. The number of esters is 2. The van der Waals surface area contributed by atoms with Gasteiger partial charge in [0, 0.05) is 45.1 Å². The molecule has 0 aromatic carbocycles. The Balaban J connectivity index is 2.07. The van der Waals surface area contributed by atoms with Crippen molar-refractivity contribution in [2.45, 2.75) is 135 Å². The first-order chi connectivity index (χ1) is 17.7. The molecule has 214 valence electrons. The van der Waals surface area contributed by atoms with Crippen molar-refractivity contribution < 1.29 is 42.1 Å². The van der Waals surface area contributed by atoms with Gasteiger partial charge in [0.2, 0.25) is 5.78 Å². The Labute approximate surface area is 220 Å². The number of rotatable bonds is 17. The lowest BCUT2D eigenvalue weighted by molar-refractivity contribution is -0.196. The number of carbonyl (C=O) groups excluding carboxylic acids is 3. The van der Waals surface area contributed by atoms with Crippen molar-refractivity contribution >= 4 is 17.7 Å². The lowest BCUT2D eigenvalue weighted by atomic mass is 9.84. The molecule has 1 unspecified atom stereocenters. The number of halogens is 2. The highest BCUT2D eigenvalue weighted by atomic mass is 19.3. The molecule has 1 saturated heterocycles. The normalized spacial score (nSPS) is 26.1. The number of unbranched alkanes of at least 4 members (excludes halogenated alkanes) is 4. The highest BCUT2D eigenvalue weighted by molar-refractivity contribution is 5.85. The van der Waals surface area contributed by atoms with Gasteiger partial charge < -0.3 is 18.9 Å². The summed E-state index contributed by atoms with van der Waals surface area (Å²) in [6.45, 7) is 3.81. The smallest absolute Gasteiger partial charge is 0.305 e. The molecule has 0 amide bonds. The summed E-state index contributed by atoms with van der Waals surface area (Å²) in [5.74, 6) is -5.22. The average molecular weight is 533 g/mol. The van der Waals surface area contributed by atoms with Crippen molar-refractivity contribution in [2.24, 2.45) is 11.8 Å². The molecule has 0 radical (unpaired) electrons. The highest BCUT2D eigenvalue weighted by Crippen LogP contribution is 2.43. The minimum Gasteiger partial charge on any atom is -0.469 e. The second kappa shape index (κ2) is 16.4. The van der Waals surface area contributed by atoms with E-state index in [2.05, 4.69) is 4.74 Å². The van der Waals surface area contributed by atoms with Gasteiger partial charge in [-0.3, -0.25) is 14.4 Å². The summed E-state index contributed by atoms with van der Waals surface area (Å²) >= 11 is 0. The fraction of sp³-hybridized carbons (Fsp3) is 0.893. The van der Waals surface area contributed by atoms with Gasteiger partial charge >= 0.3 is 17.9 Å². The van der Waals surface area contributed by atoms with Crippen LogP contribution in [0.4, 0.5) is 8.78 Å². The SMILES string of the molecule is CCCCC(F)(F)C(=O)CC[C@@H]1[C@@H](CCCCCCC(=O)OC)[C@H](OC(C)=O)C[C@H]1OC1CCCCO1. The van der Waals surface area contributed by atoms with Gasteiger partial charge in [0.25, 0.3) is 0 Å². The molecule has 0 aromatic rings. The number of carbonyl (C=O) groups is 3. The maximum atomic E-state index is 14.4. The Hall–Kier alpha value is -1.61. The Bertz CT molecular complexity index is 709. The quantitative estimate of drug-likeness (QED) is 0.164. The van der Waals surface area contributed by atoms with Gasteiger partial charge in [-0.05, 0) is 50.9 Å². The van der Waals surface area contributed by atoms with Crippen LogP contribution in [0.15, 0.2) is 0 Å². The third-order valence-electron chi connectivity index (χ3n) is 7.60. The van der Waals surface area contributed by atoms with E-state index in [0.29, 0.717) is 32.3 Å². The first-order valence-corrected chi connectivity index (χ1v) is 14.1. The molecule has 7 nitrogen and oxygen atoms in total. The van der Waals surface area contributed by atoms with Crippen molar-refractivity contribution in [3.8, 4) is 0 Å². The molecule has 0 bridgehead atoms. The van der Waals surface area contributed by atoms with E-state index in [1.165, 1.54) is 14.0 Å². The number of hydrogen-bond acceptors (Lipinski definition) is 7. The predicted molar refractivity (Wildman–Crippen MR) is 134 cm³/mol. The number of ether oxygens (including phenoxy) is 4. The maximum Gasteiger partial charge on any atom is 0.305 e. The summed E-state index contributed by atoms with van der Waals surface area (Å²) in [5.41, 5.74) is 0. The summed E-state index contributed by atoms with van der Waals surface area (Å²) in [7, 11) is 1.37. The zero-order valence-corrected chi connectivity index (χ0v) is 22.8. The third-order valence-corrected chi connectivity index (χ3v) is 7.60. The third kappa shape index (κ3) is 11.0. The molecule has 2 fully saturated rings. The van der Waals surface area contributed by atoms with Crippen LogP contribution in [0.25, 0.3) is 0 Å². The monoisotopic (exact) mass is 532 g/mol. The molecule has 2 aliphatic rings. The van der Waals surface area contributed by atoms with Gasteiger partial charge in [-0.2, -0.15) is 8.78 Å². The molecular weight excluding hydrogens is 486 g/mol. The summed E-state index contributed by atoms with van der Waals surface area (Å²) < 4.78 is 51.2. The average Bonchev–Trinajstić information content (AvgIpc) is 3.18. The minimum atomic E-state index is -3.32. The Morgan fingerprint density at radius 1 is 0.946 bits per heavy atom. The topological polar surface area (TPSA) is 88.1 Å². The molecule has 0 spiro atoms. The van der Waals surface area contributed by atoms with Crippen molar-refractivity contribution in [3.05, 3.63) is 0 Å². The zero-order valence-electron chi connectivity index (χ0n) is 22.8. The molecule has 0 aromatic heterocycles. The molecule has 1 aliphatic carbocycles. The van der Waals surface area contributed by atoms with Crippen molar-refractivity contribution in [1.29, 1.82) is 0 Å². The summed E-state index contributed by atoms with van der Waals surface area (Å²) in [5, 5.41) is 0. The minimum absolute atomic E-state index is 0.0878. The fourth-order valence-corrected chi connectivity index (χ4v) is 5.57. The number of hydrogen-bond donors (Lipinski definition) is 0. The van der Waals surface area contributed by atoms with Gasteiger partial charge in [-0.25, -0.2) is 0 Å². The van der Waals surface area contributed by atoms with Gasteiger partial charge in [-0.1, -0.05) is 32.6 Å². The molecule has 1 heterocycles. The molecular formula is C28H46F2O7. The van der Waals surface area contributed by atoms with Gasteiger partial charge in [0.05, 0.1) is 13.2 Å². The molecule has 0 N–H and O–H groups in total. The first-order valence-electron chi connectivity index (χ1n) is 14.1. The number of ketones is 1. The number of Topliss-reactive ketones (excluding diaryl/α,β-unsaturated/α-hetero) is 1. The number of alkyl halides is 2. The number of methoxy groups -OCH3 is 1. The maximum absolute atomic E-state index is 14.4. The van der Waals surface area contributed by atoms with Gasteiger partial charge in [0.1, 0.15) is 6.10 Å². The molecule has 1 aliphatic heterocycles. The summed E-state index contributed by atoms with van der Waals surface area (Å²) in [6, 6.07) is 0. The molecule has 9 heteroatoms. The Morgan fingerprint density at radius 3 is 2.32 bits per heavy atom.